The van der Waals surface area contributed by atoms with E-state index in [4.69, 9.17) is 9.47 Å². The summed E-state index contributed by atoms with van der Waals surface area (Å²) in [4.78, 5) is 9.02. The lowest BCUT2D eigenvalue weighted by Gasteiger charge is -2.08. The van der Waals surface area contributed by atoms with Crippen LogP contribution in [0.3, 0.4) is 0 Å². The molecule has 0 saturated carbocycles. The lowest BCUT2D eigenvalue weighted by Crippen LogP contribution is -1.99. The Kier molecular flexibility index (Phi) is 4.37. The summed E-state index contributed by atoms with van der Waals surface area (Å²) in [6.07, 6.45) is 4.18. The van der Waals surface area contributed by atoms with Crippen molar-refractivity contribution in [3.8, 4) is 16.3 Å². The van der Waals surface area contributed by atoms with Crippen molar-refractivity contribution in [1.82, 2.24) is 9.97 Å². The minimum absolute atomic E-state index is 0.177. The van der Waals surface area contributed by atoms with Crippen molar-refractivity contribution < 1.29 is 9.47 Å². The zero-order valence-electron chi connectivity index (χ0n) is 12.5. The molecule has 1 aliphatic heterocycles. The van der Waals surface area contributed by atoms with Crippen LogP contribution in [0.1, 0.15) is 29.6 Å². The molecule has 1 fully saturated rings. The molecule has 1 atom stereocenters. The fourth-order valence-electron chi connectivity index (χ4n) is 2.59. The third kappa shape index (κ3) is 3.29. The molecule has 1 aromatic carbocycles. The fourth-order valence-corrected chi connectivity index (χ4v) is 4.14. The third-order valence-corrected chi connectivity index (χ3v) is 5.49. The Balaban J connectivity index is 1.47. The van der Waals surface area contributed by atoms with Gasteiger partial charge in [0.05, 0.1) is 11.3 Å². The molecule has 1 saturated heterocycles. The fraction of sp³-hybridized carbons (Fsp3) is 0.294. The van der Waals surface area contributed by atoms with Crippen LogP contribution in [0.25, 0.3) is 10.6 Å². The van der Waals surface area contributed by atoms with Gasteiger partial charge in [-0.05, 0) is 25.0 Å². The van der Waals surface area contributed by atoms with Gasteiger partial charge in [-0.3, -0.25) is 0 Å². The van der Waals surface area contributed by atoms with E-state index in [0.29, 0.717) is 6.61 Å². The maximum atomic E-state index is 5.99. The number of nitrogens with zero attached hydrogens (tertiary/aromatic N) is 2. The molecule has 0 spiro atoms. The maximum absolute atomic E-state index is 5.99. The number of para-hydroxylation sites is 1. The minimum Gasteiger partial charge on any atom is -0.487 e. The molecule has 118 valence electrons. The summed E-state index contributed by atoms with van der Waals surface area (Å²) in [7, 11) is 0. The van der Waals surface area contributed by atoms with Crippen LogP contribution < -0.4 is 4.74 Å². The molecule has 3 aromatic rings. The standard InChI is InChI=1S/C17H16N2O2S2/c1-2-5-14(13(4-1)16-18-7-9-22-16)21-10-12-11-23-17(19-12)15-6-3-8-20-15/h1-2,4-5,7,9,11,15H,3,6,8,10H2. The lowest BCUT2D eigenvalue weighted by molar-refractivity contribution is 0.111. The van der Waals surface area contributed by atoms with Crippen LogP contribution in [0.2, 0.25) is 0 Å². The molecule has 6 heteroatoms. The summed E-state index contributed by atoms with van der Waals surface area (Å²) in [5.41, 5.74) is 1.98. The van der Waals surface area contributed by atoms with Crippen molar-refractivity contribution >= 4 is 22.7 Å². The van der Waals surface area contributed by atoms with Crippen LogP contribution in [0, 0.1) is 0 Å². The molecule has 2 aromatic heterocycles. The Bertz CT molecular complexity index is 765. The van der Waals surface area contributed by atoms with Crippen molar-refractivity contribution in [2.24, 2.45) is 0 Å². The van der Waals surface area contributed by atoms with Gasteiger partial charge in [-0.2, -0.15) is 0 Å². The number of ether oxygens (including phenoxy) is 2. The van der Waals surface area contributed by atoms with Gasteiger partial charge in [-0.15, -0.1) is 22.7 Å². The minimum atomic E-state index is 0.177. The summed E-state index contributed by atoms with van der Waals surface area (Å²) in [6.45, 7) is 1.31. The highest BCUT2D eigenvalue weighted by atomic mass is 32.1. The summed E-state index contributed by atoms with van der Waals surface area (Å²) in [5, 5.41) is 6.07. The van der Waals surface area contributed by atoms with Crippen LogP contribution in [0.15, 0.2) is 41.2 Å². The average Bonchev–Trinajstić information content (AvgIpc) is 3.35. The zero-order valence-corrected chi connectivity index (χ0v) is 14.1. The maximum Gasteiger partial charge on any atom is 0.131 e. The number of hydrogen-bond acceptors (Lipinski definition) is 6. The summed E-state index contributed by atoms with van der Waals surface area (Å²) in [5.74, 6) is 0.842. The number of benzene rings is 1. The predicted molar refractivity (Wildman–Crippen MR) is 91.9 cm³/mol. The van der Waals surface area contributed by atoms with E-state index in [-0.39, 0.29) is 6.10 Å². The molecule has 4 nitrogen and oxygen atoms in total. The molecule has 3 heterocycles. The molecular weight excluding hydrogens is 328 g/mol. The van der Waals surface area contributed by atoms with E-state index in [1.807, 2.05) is 35.8 Å². The number of thiazole rings is 2. The second-order valence-electron chi connectivity index (χ2n) is 5.30. The molecule has 0 bridgehead atoms. The van der Waals surface area contributed by atoms with E-state index in [0.717, 1.165) is 46.5 Å². The highest BCUT2D eigenvalue weighted by molar-refractivity contribution is 7.13. The van der Waals surface area contributed by atoms with Crippen LogP contribution in [0.4, 0.5) is 0 Å². The monoisotopic (exact) mass is 344 g/mol. The SMILES string of the molecule is c1ccc(-c2nccs2)c(OCc2csc(C3CCCO3)n2)c1. The molecule has 0 aliphatic carbocycles. The van der Waals surface area contributed by atoms with Gasteiger partial charge in [-0.25, -0.2) is 9.97 Å². The van der Waals surface area contributed by atoms with Crippen molar-refractivity contribution in [3.05, 3.63) is 51.9 Å². The van der Waals surface area contributed by atoms with Crippen LogP contribution in [-0.4, -0.2) is 16.6 Å². The molecule has 1 unspecified atom stereocenters. The van der Waals surface area contributed by atoms with E-state index in [2.05, 4.69) is 15.3 Å². The highest BCUT2D eigenvalue weighted by Gasteiger charge is 2.21. The van der Waals surface area contributed by atoms with Gasteiger partial charge < -0.3 is 9.47 Å². The van der Waals surface area contributed by atoms with Gasteiger partial charge in [0.2, 0.25) is 0 Å². The number of aromatic nitrogens is 2. The van der Waals surface area contributed by atoms with Crippen molar-refractivity contribution in [2.45, 2.75) is 25.6 Å². The number of hydrogen-bond donors (Lipinski definition) is 0. The van der Waals surface area contributed by atoms with Crippen molar-refractivity contribution in [2.75, 3.05) is 6.61 Å². The molecule has 0 N–H and O–H groups in total. The van der Waals surface area contributed by atoms with Gasteiger partial charge in [0, 0.05) is 23.6 Å². The molecule has 0 radical (unpaired) electrons. The van der Waals surface area contributed by atoms with Crippen molar-refractivity contribution in [3.63, 3.8) is 0 Å². The van der Waals surface area contributed by atoms with Crippen LogP contribution in [-0.2, 0) is 11.3 Å². The molecule has 1 aliphatic rings. The van der Waals surface area contributed by atoms with E-state index < -0.39 is 0 Å². The second-order valence-corrected chi connectivity index (χ2v) is 7.09. The average molecular weight is 344 g/mol. The predicted octanol–water partition coefficient (Wildman–Crippen LogP) is 4.70. The van der Waals surface area contributed by atoms with Gasteiger partial charge in [0.25, 0.3) is 0 Å². The summed E-state index contributed by atoms with van der Waals surface area (Å²) >= 11 is 3.27. The van der Waals surface area contributed by atoms with Gasteiger partial charge in [-0.1, -0.05) is 12.1 Å². The normalized spacial score (nSPS) is 17.5. The molecule has 23 heavy (non-hydrogen) atoms. The first-order valence-electron chi connectivity index (χ1n) is 7.58. The third-order valence-electron chi connectivity index (χ3n) is 3.70. The first-order valence-corrected chi connectivity index (χ1v) is 9.33. The van der Waals surface area contributed by atoms with Gasteiger partial charge in [0.15, 0.2) is 0 Å². The zero-order chi connectivity index (χ0) is 15.5. The lowest BCUT2D eigenvalue weighted by atomic mass is 10.2. The first kappa shape index (κ1) is 14.8. The Morgan fingerprint density at radius 3 is 3.04 bits per heavy atom. The number of rotatable bonds is 5. The second kappa shape index (κ2) is 6.78. The topological polar surface area (TPSA) is 44.2 Å². The Morgan fingerprint density at radius 2 is 2.22 bits per heavy atom. The van der Waals surface area contributed by atoms with E-state index in [1.54, 1.807) is 22.7 Å². The van der Waals surface area contributed by atoms with Gasteiger partial charge in [0.1, 0.15) is 28.5 Å². The van der Waals surface area contributed by atoms with Crippen molar-refractivity contribution in [1.29, 1.82) is 0 Å². The largest absolute Gasteiger partial charge is 0.487 e. The Hall–Kier alpha value is -1.76. The summed E-state index contributed by atoms with van der Waals surface area (Å²) in [6, 6.07) is 7.99. The first-order chi connectivity index (χ1) is 11.4. The van der Waals surface area contributed by atoms with E-state index in [1.165, 1.54) is 0 Å². The Morgan fingerprint density at radius 1 is 1.26 bits per heavy atom. The van der Waals surface area contributed by atoms with Crippen LogP contribution >= 0.6 is 22.7 Å². The summed E-state index contributed by atoms with van der Waals surface area (Å²) < 4.78 is 11.7. The quantitative estimate of drug-likeness (QED) is 0.673. The van der Waals surface area contributed by atoms with E-state index >= 15 is 0 Å². The Labute approximate surface area is 142 Å². The van der Waals surface area contributed by atoms with Gasteiger partial charge >= 0.3 is 0 Å². The molecule has 0 amide bonds. The van der Waals surface area contributed by atoms with E-state index in [9.17, 15) is 0 Å². The molecule has 4 rings (SSSR count). The molecular formula is C17H16N2O2S2. The smallest absolute Gasteiger partial charge is 0.131 e. The highest BCUT2D eigenvalue weighted by Crippen LogP contribution is 2.33. The van der Waals surface area contributed by atoms with Crippen LogP contribution in [0.5, 0.6) is 5.75 Å².